The molecule has 0 amide bonds. The molecular weight excluding hydrogens is 1010 g/mol. The number of carbonyl (C=O) groups is 3. The van der Waals surface area contributed by atoms with E-state index < -0.39 is 6.10 Å². The Labute approximate surface area is 510 Å². The molecule has 1 unspecified atom stereocenters. The number of esters is 3. The summed E-state index contributed by atoms with van der Waals surface area (Å²) < 4.78 is 17.0. The van der Waals surface area contributed by atoms with Crippen molar-refractivity contribution in [3.05, 3.63) is 60.8 Å². The monoisotopic (exact) mass is 1150 g/mol. The van der Waals surface area contributed by atoms with Crippen molar-refractivity contribution in [2.45, 2.75) is 393 Å². The number of hydrogen-bond donors (Lipinski definition) is 0. The van der Waals surface area contributed by atoms with Crippen LogP contribution in [0.25, 0.3) is 0 Å². The Morgan fingerprint density at radius 1 is 0.256 bits per heavy atom. The Balaban J connectivity index is 4.08. The molecule has 6 nitrogen and oxygen atoms in total. The van der Waals surface area contributed by atoms with Crippen LogP contribution in [0.2, 0.25) is 0 Å². The average Bonchev–Trinajstić information content (AvgIpc) is 3.47. The molecule has 82 heavy (non-hydrogen) atoms. The molecule has 0 aromatic rings. The van der Waals surface area contributed by atoms with Crippen molar-refractivity contribution in [1.29, 1.82) is 0 Å². The van der Waals surface area contributed by atoms with Gasteiger partial charge in [-0.15, -0.1) is 0 Å². The lowest BCUT2D eigenvalue weighted by atomic mass is 10.0. The lowest BCUT2D eigenvalue weighted by Gasteiger charge is -2.18. The minimum absolute atomic E-state index is 0.0653. The minimum Gasteiger partial charge on any atom is -0.462 e. The van der Waals surface area contributed by atoms with Crippen molar-refractivity contribution in [1.82, 2.24) is 0 Å². The molecular formula is C76H138O6. The second-order valence-corrected chi connectivity index (χ2v) is 24.5. The molecule has 0 aromatic carbocycles. The van der Waals surface area contributed by atoms with Crippen molar-refractivity contribution >= 4 is 17.9 Å². The van der Waals surface area contributed by atoms with Gasteiger partial charge in [0.25, 0.3) is 0 Å². The second-order valence-electron chi connectivity index (χ2n) is 24.5. The Bertz CT molecular complexity index is 1460. The van der Waals surface area contributed by atoms with Crippen molar-refractivity contribution in [3.63, 3.8) is 0 Å². The number of ether oxygens (including phenoxy) is 3. The SMILES string of the molecule is CC/C=C\C/C=C\C/C=C\C/C=C\C/C=C\CCCCCCCCCCCCCCCCCCCCCC(=O)OCC(COC(=O)CCCCCCCCCCCCCC)OC(=O)CCCCCCCCCCCCCCCCCCC. The summed E-state index contributed by atoms with van der Waals surface area (Å²) in [6, 6.07) is 0. The molecule has 0 saturated carbocycles. The quantitative estimate of drug-likeness (QED) is 0.0261. The highest BCUT2D eigenvalue weighted by Crippen LogP contribution is 2.19. The summed E-state index contributed by atoms with van der Waals surface area (Å²) in [5, 5.41) is 0. The Morgan fingerprint density at radius 3 is 0.744 bits per heavy atom. The van der Waals surface area contributed by atoms with Gasteiger partial charge in [0.1, 0.15) is 13.2 Å². The van der Waals surface area contributed by atoms with Gasteiger partial charge in [-0.1, -0.05) is 364 Å². The van der Waals surface area contributed by atoms with E-state index in [1.165, 1.54) is 257 Å². The zero-order valence-electron chi connectivity index (χ0n) is 55.0. The maximum absolute atomic E-state index is 12.9. The van der Waals surface area contributed by atoms with Gasteiger partial charge in [0, 0.05) is 19.3 Å². The molecule has 0 aliphatic rings. The summed E-state index contributed by atoms with van der Waals surface area (Å²) in [5.41, 5.74) is 0. The zero-order valence-corrected chi connectivity index (χ0v) is 55.0. The highest BCUT2D eigenvalue weighted by molar-refractivity contribution is 5.71. The van der Waals surface area contributed by atoms with Crippen LogP contribution in [0.1, 0.15) is 387 Å². The standard InChI is InChI=1S/C76H138O6/c1-4-7-10-13-16-19-22-25-27-29-30-31-32-33-34-35-36-37-38-39-40-41-42-43-44-45-46-48-49-51-54-57-60-63-66-69-75(78)81-72-73(71-80-74(77)68-65-62-59-56-53-24-21-18-15-12-9-6-3)82-76(79)70-67-64-61-58-55-52-50-47-28-26-23-20-17-14-11-8-5-2/h7,10,16,19,25,27,30-31,33-34,73H,4-6,8-9,11-15,17-18,20-24,26,28-29,32,35-72H2,1-3H3/b10-7-,19-16-,27-25-,31-30-,34-33-. The minimum atomic E-state index is -0.768. The van der Waals surface area contributed by atoms with Crippen LogP contribution in [-0.4, -0.2) is 37.2 Å². The smallest absolute Gasteiger partial charge is 0.306 e. The predicted octanol–water partition coefficient (Wildman–Crippen LogP) is 25.1. The van der Waals surface area contributed by atoms with E-state index in [4.69, 9.17) is 14.2 Å². The number of rotatable bonds is 67. The maximum atomic E-state index is 12.9. The van der Waals surface area contributed by atoms with Gasteiger partial charge in [0.15, 0.2) is 6.10 Å². The highest BCUT2D eigenvalue weighted by Gasteiger charge is 2.19. The molecule has 0 aliphatic heterocycles. The molecule has 6 heteroatoms. The first-order valence-electron chi connectivity index (χ1n) is 36.3. The van der Waals surface area contributed by atoms with Gasteiger partial charge in [-0.2, -0.15) is 0 Å². The second kappa shape index (κ2) is 70.6. The van der Waals surface area contributed by atoms with E-state index in [0.717, 1.165) is 89.9 Å². The van der Waals surface area contributed by atoms with Crippen LogP contribution in [0.15, 0.2) is 60.8 Å². The van der Waals surface area contributed by atoms with Gasteiger partial charge >= 0.3 is 17.9 Å². The fraction of sp³-hybridized carbons (Fsp3) is 0.829. The molecule has 0 heterocycles. The van der Waals surface area contributed by atoms with Gasteiger partial charge in [0.2, 0.25) is 0 Å². The third kappa shape index (κ3) is 67.9. The first-order valence-corrected chi connectivity index (χ1v) is 36.3. The van der Waals surface area contributed by atoms with Crippen molar-refractivity contribution in [2.24, 2.45) is 0 Å². The summed E-state index contributed by atoms with van der Waals surface area (Å²) in [7, 11) is 0. The highest BCUT2D eigenvalue weighted by atomic mass is 16.6. The largest absolute Gasteiger partial charge is 0.462 e. The maximum Gasteiger partial charge on any atom is 0.306 e. The third-order valence-corrected chi connectivity index (χ3v) is 16.3. The van der Waals surface area contributed by atoms with Crippen LogP contribution in [0, 0.1) is 0 Å². The van der Waals surface area contributed by atoms with Gasteiger partial charge < -0.3 is 14.2 Å². The number of unbranched alkanes of at least 4 members (excludes halogenated alkanes) is 46. The lowest BCUT2D eigenvalue weighted by molar-refractivity contribution is -0.167. The number of hydrogen-bond acceptors (Lipinski definition) is 6. The van der Waals surface area contributed by atoms with E-state index in [0.29, 0.717) is 19.3 Å². The molecule has 0 rings (SSSR count). The molecule has 478 valence electrons. The van der Waals surface area contributed by atoms with Crippen LogP contribution in [-0.2, 0) is 28.6 Å². The predicted molar refractivity (Wildman–Crippen MR) is 358 cm³/mol. The van der Waals surface area contributed by atoms with Crippen LogP contribution in [0.3, 0.4) is 0 Å². The van der Waals surface area contributed by atoms with Gasteiger partial charge in [-0.05, 0) is 64.2 Å². The summed E-state index contributed by atoms with van der Waals surface area (Å²) >= 11 is 0. The first kappa shape index (κ1) is 79.1. The fourth-order valence-electron chi connectivity index (χ4n) is 10.9. The van der Waals surface area contributed by atoms with Crippen molar-refractivity contribution in [3.8, 4) is 0 Å². The number of allylic oxidation sites excluding steroid dienone is 10. The molecule has 0 aromatic heterocycles. The molecule has 1 atom stereocenters. The van der Waals surface area contributed by atoms with E-state index in [2.05, 4.69) is 81.5 Å². The molecule has 0 spiro atoms. The van der Waals surface area contributed by atoms with E-state index in [-0.39, 0.29) is 31.1 Å². The molecule has 0 saturated heterocycles. The summed E-state index contributed by atoms with van der Waals surface area (Å²) in [6.45, 7) is 6.59. The molecule has 0 radical (unpaired) electrons. The summed E-state index contributed by atoms with van der Waals surface area (Å²) in [5.74, 6) is -0.836. The van der Waals surface area contributed by atoms with Crippen LogP contribution < -0.4 is 0 Å². The van der Waals surface area contributed by atoms with E-state index in [1.54, 1.807) is 0 Å². The Kier molecular flexibility index (Phi) is 68.1. The first-order chi connectivity index (χ1) is 40.5. The van der Waals surface area contributed by atoms with Gasteiger partial charge in [-0.3, -0.25) is 14.4 Å². The summed E-state index contributed by atoms with van der Waals surface area (Å²) in [4.78, 5) is 38.4. The summed E-state index contributed by atoms with van der Waals surface area (Å²) in [6.07, 6.45) is 91.2. The van der Waals surface area contributed by atoms with E-state index >= 15 is 0 Å². The van der Waals surface area contributed by atoms with E-state index in [1.807, 2.05) is 0 Å². The van der Waals surface area contributed by atoms with E-state index in [9.17, 15) is 14.4 Å². The molecule has 0 bridgehead atoms. The normalized spacial score (nSPS) is 12.4. The average molecular weight is 1150 g/mol. The lowest BCUT2D eigenvalue weighted by Crippen LogP contribution is -2.30. The number of carbonyl (C=O) groups excluding carboxylic acids is 3. The van der Waals surface area contributed by atoms with Crippen molar-refractivity contribution in [2.75, 3.05) is 13.2 Å². The Hall–Kier alpha value is -2.89. The Morgan fingerprint density at radius 2 is 0.476 bits per heavy atom. The topological polar surface area (TPSA) is 78.9 Å². The van der Waals surface area contributed by atoms with Crippen LogP contribution in [0.5, 0.6) is 0 Å². The molecule has 0 aliphatic carbocycles. The zero-order chi connectivity index (χ0) is 59.2. The van der Waals surface area contributed by atoms with Crippen molar-refractivity contribution < 1.29 is 28.6 Å². The third-order valence-electron chi connectivity index (χ3n) is 16.3. The van der Waals surface area contributed by atoms with Gasteiger partial charge in [0.05, 0.1) is 0 Å². The van der Waals surface area contributed by atoms with Gasteiger partial charge in [-0.25, -0.2) is 0 Å². The van der Waals surface area contributed by atoms with Crippen LogP contribution in [0.4, 0.5) is 0 Å². The molecule has 0 N–H and O–H groups in total. The fourth-order valence-corrected chi connectivity index (χ4v) is 10.9. The van der Waals surface area contributed by atoms with Crippen LogP contribution >= 0.6 is 0 Å². The molecule has 0 fully saturated rings.